The zero-order valence-electron chi connectivity index (χ0n) is 14.8. The number of pyridine rings is 1. The number of hydrogen-bond acceptors (Lipinski definition) is 5. The van der Waals surface area contributed by atoms with E-state index in [2.05, 4.69) is 15.0 Å². The van der Waals surface area contributed by atoms with Crippen molar-refractivity contribution in [2.24, 2.45) is 5.41 Å². The van der Waals surface area contributed by atoms with E-state index in [1.54, 1.807) is 55.0 Å². The van der Waals surface area contributed by atoms with E-state index in [9.17, 15) is 5.11 Å². The summed E-state index contributed by atoms with van der Waals surface area (Å²) in [5.41, 5.74) is -0.773. The fourth-order valence-electron chi connectivity index (χ4n) is 2.74. The van der Waals surface area contributed by atoms with Crippen molar-refractivity contribution in [2.75, 3.05) is 0 Å². The topological polar surface area (TPSA) is 68.1 Å². The lowest BCUT2D eigenvalue weighted by Gasteiger charge is -2.39. The van der Waals surface area contributed by atoms with Crippen LogP contribution in [0, 0.1) is 5.41 Å². The van der Waals surface area contributed by atoms with Gasteiger partial charge in [-0.1, -0.05) is 32.4 Å². The third kappa shape index (κ3) is 3.54. The summed E-state index contributed by atoms with van der Waals surface area (Å²) in [6.45, 7) is 5.83. The minimum absolute atomic E-state index is 0.503. The maximum Gasteiger partial charge on any atom is 0.145 e. The van der Waals surface area contributed by atoms with Gasteiger partial charge in [-0.05, 0) is 36.4 Å². The zero-order valence-corrected chi connectivity index (χ0v) is 15.6. The van der Waals surface area contributed by atoms with E-state index in [1.165, 1.54) is 6.33 Å². The largest absolute Gasteiger partial charge is 0.456 e. The van der Waals surface area contributed by atoms with Gasteiger partial charge in [0.1, 0.15) is 23.4 Å². The Kier molecular flexibility index (Phi) is 4.94. The van der Waals surface area contributed by atoms with Crippen LogP contribution in [-0.4, -0.2) is 20.1 Å². The highest BCUT2D eigenvalue weighted by atomic mass is 35.5. The molecule has 3 aromatic rings. The van der Waals surface area contributed by atoms with Crippen LogP contribution in [0.15, 0.2) is 61.3 Å². The lowest BCUT2D eigenvalue weighted by atomic mass is 9.71. The van der Waals surface area contributed by atoms with E-state index in [4.69, 9.17) is 16.3 Å². The van der Waals surface area contributed by atoms with Gasteiger partial charge in [0.15, 0.2) is 0 Å². The summed E-state index contributed by atoms with van der Waals surface area (Å²) in [5, 5.41) is 12.1. The number of halogens is 1. The summed E-state index contributed by atoms with van der Waals surface area (Å²) in [5.74, 6) is 1.23. The molecule has 0 spiro atoms. The number of aromatic nitrogens is 3. The molecule has 1 unspecified atom stereocenters. The average molecular weight is 370 g/mol. The van der Waals surface area contributed by atoms with Crippen LogP contribution in [-0.2, 0) is 5.60 Å². The number of ether oxygens (including phenoxy) is 1. The normalized spacial score (nSPS) is 13.9. The van der Waals surface area contributed by atoms with E-state index in [-0.39, 0.29) is 0 Å². The molecule has 2 aromatic heterocycles. The first-order valence-corrected chi connectivity index (χ1v) is 8.56. The van der Waals surface area contributed by atoms with Crippen LogP contribution in [0.3, 0.4) is 0 Å². The van der Waals surface area contributed by atoms with Crippen molar-refractivity contribution in [1.29, 1.82) is 0 Å². The van der Waals surface area contributed by atoms with Gasteiger partial charge in [0.25, 0.3) is 0 Å². The standard InChI is InChI=1S/C20H20ClN3O2/c1-19(2,3)20(25,14-10-22-13-23-11-14)18-9-8-17(12-24-18)26-16-6-4-15(21)5-7-16/h4-13,25H,1-3H3. The number of benzene rings is 1. The first-order chi connectivity index (χ1) is 12.3. The first kappa shape index (κ1) is 18.3. The molecule has 1 N–H and O–H groups in total. The molecule has 1 aromatic carbocycles. The Morgan fingerprint density at radius 3 is 2.04 bits per heavy atom. The van der Waals surface area contributed by atoms with E-state index < -0.39 is 11.0 Å². The predicted molar refractivity (Wildman–Crippen MR) is 100 cm³/mol. The Morgan fingerprint density at radius 2 is 1.50 bits per heavy atom. The van der Waals surface area contributed by atoms with Crippen molar-refractivity contribution in [3.8, 4) is 11.5 Å². The predicted octanol–water partition coefficient (Wildman–Crippen LogP) is 4.60. The smallest absolute Gasteiger partial charge is 0.145 e. The van der Waals surface area contributed by atoms with E-state index in [0.29, 0.717) is 27.8 Å². The minimum atomic E-state index is -1.34. The highest BCUT2D eigenvalue weighted by molar-refractivity contribution is 6.30. The minimum Gasteiger partial charge on any atom is -0.456 e. The van der Waals surface area contributed by atoms with Crippen LogP contribution in [0.25, 0.3) is 0 Å². The van der Waals surface area contributed by atoms with Gasteiger partial charge < -0.3 is 9.84 Å². The molecule has 0 fully saturated rings. The summed E-state index contributed by atoms with van der Waals surface area (Å²) >= 11 is 5.88. The van der Waals surface area contributed by atoms with Gasteiger partial charge in [0.05, 0.1) is 11.9 Å². The van der Waals surface area contributed by atoms with Crippen LogP contribution in [0.2, 0.25) is 5.02 Å². The molecule has 6 heteroatoms. The maximum absolute atomic E-state index is 11.5. The molecule has 0 radical (unpaired) electrons. The van der Waals surface area contributed by atoms with Gasteiger partial charge in [-0.2, -0.15) is 0 Å². The fraction of sp³-hybridized carbons (Fsp3) is 0.250. The monoisotopic (exact) mass is 369 g/mol. The Balaban J connectivity index is 1.93. The number of rotatable bonds is 4. The van der Waals surface area contributed by atoms with Gasteiger partial charge in [0, 0.05) is 28.4 Å². The Bertz CT molecular complexity index is 862. The molecule has 134 valence electrons. The summed E-state index contributed by atoms with van der Waals surface area (Å²) < 4.78 is 5.76. The summed E-state index contributed by atoms with van der Waals surface area (Å²) in [4.78, 5) is 12.5. The highest BCUT2D eigenvalue weighted by Crippen LogP contribution is 2.43. The third-order valence-electron chi connectivity index (χ3n) is 4.22. The van der Waals surface area contributed by atoms with Gasteiger partial charge in [-0.15, -0.1) is 0 Å². The van der Waals surface area contributed by atoms with Crippen molar-refractivity contribution in [2.45, 2.75) is 26.4 Å². The quantitative estimate of drug-likeness (QED) is 0.727. The molecule has 0 aliphatic heterocycles. The molecule has 0 amide bonds. The molecule has 26 heavy (non-hydrogen) atoms. The highest BCUT2D eigenvalue weighted by Gasteiger charge is 2.45. The number of aliphatic hydroxyl groups is 1. The van der Waals surface area contributed by atoms with Crippen LogP contribution in [0.1, 0.15) is 32.0 Å². The van der Waals surface area contributed by atoms with Gasteiger partial charge in [-0.25, -0.2) is 9.97 Å². The summed E-state index contributed by atoms with van der Waals surface area (Å²) in [6, 6.07) is 10.6. The molecule has 0 aliphatic carbocycles. The second-order valence-corrected chi connectivity index (χ2v) is 7.46. The Hall–Kier alpha value is -2.50. The molecule has 3 rings (SSSR count). The van der Waals surface area contributed by atoms with Crippen molar-refractivity contribution >= 4 is 11.6 Å². The molecule has 0 aliphatic rings. The van der Waals surface area contributed by atoms with Crippen LogP contribution >= 0.6 is 11.6 Å². The molecule has 1 atom stereocenters. The molecule has 0 bridgehead atoms. The van der Waals surface area contributed by atoms with E-state index in [0.717, 1.165) is 0 Å². The molecule has 2 heterocycles. The summed E-state index contributed by atoms with van der Waals surface area (Å²) in [7, 11) is 0. The second kappa shape index (κ2) is 7.02. The summed E-state index contributed by atoms with van der Waals surface area (Å²) in [6.07, 6.45) is 6.24. The van der Waals surface area contributed by atoms with Crippen molar-refractivity contribution in [3.05, 3.63) is 77.6 Å². The van der Waals surface area contributed by atoms with Crippen LogP contribution in [0.5, 0.6) is 11.5 Å². The van der Waals surface area contributed by atoms with Crippen molar-refractivity contribution < 1.29 is 9.84 Å². The number of hydrogen-bond donors (Lipinski definition) is 1. The van der Waals surface area contributed by atoms with E-state index >= 15 is 0 Å². The lowest BCUT2D eigenvalue weighted by molar-refractivity contribution is -0.0301. The van der Waals surface area contributed by atoms with Gasteiger partial charge in [0.2, 0.25) is 0 Å². The molecule has 5 nitrogen and oxygen atoms in total. The first-order valence-electron chi connectivity index (χ1n) is 8.18. The SMILES string of the molecule is CC(C)(C)C(O)(c1cncnc1)c1ccc(Oc2ccc(Cl)cc2)cn1. The lowest BCUT2D eigenvalue weighted by Crippen LogP contribution is -2.42. The fourth-order valence-corrected chi connectivity index (χ4v) is 2.87. The van der Waals surface area contributed by atoms with E-state index in [1.807, 2.05) is 20.8 Å². The number of nitrogens with zero attached hydrogens (tertiary/aromatic N) is 3. The molecule has 0 saturated carbocycles. The van der Waals surface area contributed by atoms with Gasteiger partial charge >= 0.3 is 0 Å². The average Bonchev–Trinajstić information content (AvgIpc) is 2.63. The maximum atomic E-state index is 11.5. The zero-order chi connectivity index (χ0) is 18.8. The molecular formula is C20H20ClN3O2. The second-order valence-electron chi connectivity index (χ2n) is 7.02. The Labute approximate surface area is 157 Å². The molecular weight excluding hydrogens is 350 g/mol. The third-order valence-corrected chi connectivity index (χ3v) is 4.47. The van der Waals surface area contributed by atoms with Crippen LogP contribution in [0.4, 0.5) is 0 Å². The van der Waals surface area contributed by atoms with Gasteiger partial charge in [-0.3, -0.25) is 4.98 Å². The Morgan fingerprint density at radius 1 is 0.885 bits per heavy atom. The van der Waals surface area contributed by atoms with Crippen molar-refractivity contribution in [1.82, 2.24) is 15.0 Å². The van der Waals surface area contributed by atoms with Crippen LogP contribution < -0.4 is 4.74 Å². The van der Waals surface area contributed by atoms with Crippen molar-refractivity contribution in [3.63, 3.8) is 0 Å². The molecule has 0 saturated heterocycles.